The number of nitro benzene ring substituents is 1. The summed E-state index contributed by atoms with van der Waals surface area (Å²) < 4.78 is 0. The van der Waals surface area contributed by atoms with Crippen molar-refractivity contribution in [2.45, 2.75) is 26.2 Å². The predicted octanol–water partition coefficient (Wildman–Crippen LogP) is 4.43. The third-order valence-electron chi connectivity index (χ3n) is 5.63. The van der Waals surface area contributed by atoms with Gasteiger partial charge in [0.15, 0.2) is 0 Å². The van der Waals surface area contributed by atoms with Crippen molar-refractivity contribution in [1.82, 2.24) is 4.90 Å². The van der Waals surface area contributed by atoms with E-state index in [0.717, 1.165) is 5.69 Å². The molecular formula is C22H20N4O3S. The van der Waals surface area contributed by atoms with Crippen LogP contribution in [0.5, 0.6) is 0 Å². The number of aryl methyl sites for hydroxylation is 2. The second kappa shape index (κ2) is 7.84. The van der Waals surface area contributed by atoms with Gasteiger partial charge in [0.25, 0.3) is 5.69 Å². The van der Waals surface area contributed by atoms with E-state index in [2.05, 4.69) is 36.9 Å². The van der Waals surface area contributed by atoms with Crippen LogP contribution in [0, 0.1) is 35.3 Å². The number of amides is 1. The van der Waals surface area contributed by atoms with Crippen LogP contribution < -0.4 is 4.90 Å². The zero-order valence-electron chi connectivity index (χ0n) is 16.7. The molecule has 1 amide bonds. The molecule has 0 bridgehead atoms. The van der Waals surface area contributed by atoms with Crippen molar-refractivity contribution in [1.29, 1.82) is 5.26 Å². The highest BCUT2D eigenvalue weighted by molar-refractivity contribution is 8.03. The topological polar surface area (TPSA) is 90.5 Å². The summed E-state index contributed by atoms with van der Waals surface area (Å²) in [5.74, 6) is 0.0740. The van der Waals surface area contributed by atoms with E-state index in [0.29, 0.717) is 28.7 Å². The van der Waals surface area contributed by atoms with E-state index < -0.39 is 10.8 Å². The Hall–Kier alpha value is -3.31. The zero-order valence-corrected chi connectivity index (χ0v) is 17.5. The first-order valence-electron chi connectivity index (χ1n) is 9.53. The number of nitro groups is 1. The molecule has 0 spiro atoms. The van der Waals surface area contributed by atoms with Gasteiger partial charge in [0.2, 0.25) is 5.91 Å². The van der Waals surface area contributed by atoms with Gasteiger partial charge >= 0.3 is 0 Å². The highest BCUT2D eigenvalue weighted by Gasteiger charge is 2.38. The fraction of sp³-hybridized carbons (Fsp3) is 0.273. The fourth-order valence-electron chi connectivity index (χ4n) is 3.79. The van der Waals surface area contributed by atoms with Crippen LogP contribution >= 0.6 is 11.8 Å². The minimum Gasteiger partial charge on any atom is -0.344 e. The van der Waals surface area contributed by atoms with Gasteiger partial charge in [-0.25, -0.2) is 0 Å². The summed E-state index contributed by atoms with van der Waals surface area (Å²) >= 11 is 1.46. The van der Waals surface area contributed by atoms with Gasteiger partial charge in [-0.2, -0.15) is 5.26 Å². The minimum atomic E-state index is -0.464. The molecule has 1 atom stereocenters. The maximum Gasteiger partial charge on any atom is 0.269 e. The van der Waals surface area contributed by atoms with E-state index in [9.17, 15) is 20.2 Å². The van der Waals surface area contributed by atoms with E-state index >= 15 is 0 Å². The average molecular weight is 420 g/mol. The van der Waals surface area contributed by atoms with Gasteiger partial charge in [-0.3, -0.25) is 19.8 Å². The number of anilines is 1. The molecule has 0 saturated carbocycles. The number of fused-ring (bicyclic) bond motifs is 1. The molecule has 4 rings (SSSR count). The monoisotopic (exact) mass is 420 g/mol. The van der Waals surface area contributed by atoms with Crippen molar-refractivity contribution in [3.8, 4) is 6.07 Å². The molecule has 2 aliphatic heterocycles. The number of non-ortho nitro benzene ring substituents is 1. The molecule has 1 fully saturated rings. The highest BCUT2D eigenvalue weighted by atomic mass is 32.2. The van der Waals surface area contributed by atoms with Crippen LogP contribution in [0.3, 0.4) is 0 Å². The number of rotatable bonds is 3. The maximum atomic E-state index is 13.0. The molecule has 1 saturated heterocycles. The van der Waals surface area contributed by atoms with E-state index in [4.69, 9.17) is 0 Å². The Morgan fingerprint density at radius 2 is 2.00 bits per heavy atom. The van der Waals surface area contributed by atoms with Crippen molar-refractivity contribution in [3.05, 3.63) is 79.9 Å². The molecule has 2 aliphatic rings. The Morgan fingerprint density at radius 3 is 2.70 bits per heavy atom. The zero-order chi connectivity index (χ0) is 21.4. The van der Waals surface area contributed by atoms with Gasteiger partial charge in [-0.05, 0) is 42.7 Å². The highest BCUT2D eigenvalue weighted by Crippen LogP contribution is 2.43. The third kappa shape index (κ3) is 3.53. The summed E-state index contributed by atoms with van der Waals surface area (Å²) in [5, 5.41) is 21.7. The Morgan fingerprint density at radius 1 is 1.20 bits per heavy atom. The van der Waals surface area contributed by atoms with Crippen LogP contribution in [-0.2, 0) is 4.79 Å². The van der Waals surface area contributed by atoms with Crippen molar-refractivity contribution >= 4 is 29.0 Å². The van der Waals surface area contributed by atoms with Gasteiger partial charge in [0.1, 0.15) is 0 Å². The molecular weight excluding hydrogens is 400 g/mol. The summed E-state index contributed by atoms with van der Waals surface area (Å²) in [6.07, 6.45) is 0.120. The van der Waals surface area contributed by atoms with Crippen LogP contribution in [0.25, 0.3) is 0 Å². The molecule has 30 heavy (non-hydrogen) atoms. The van der Waals surface area contributed by atoms with Gasteiger partial charge in [0.05, 0.1) is 34.1 Å². The molecule has 7 nitrogen and oxygen atoms in total. The minimum absolute atomic E-state index is 0.0399. The lowest BCUT2D eigenvalue weighted by molar-refractivity contribution is -0.384. The lowest BCUT2D eigenvalue weighted by Gasteiger charge is -2.42. The SMILES string of the molecule is Cc1ccc(N2CSC3=C(C#N)[C@@H](c4cccc([N+](=O)[O-])c4)CC(=O)N3C2)cc1C. The van der Waals surface area contributed by atoms with Gasteiger partial charge in [0, 0.05) is 30.2 Å². The molecule has 0 aliphatic carbocycles. The van der Waals surface area contributed by atoms with Crippen LogP contribution in [0.4, 0.5) is 11.4 Å². The smallest absolute Gasteiger partial charge is 0.269 e. The molecule has 2 heterocycles. The quantitative estimate of drug-likeness (QED) is 0.539. The lowest BCUT2D eigenvalue weighted by Crippen LogP contribution is -2.47. The standard InChI is InChI=1S/C22H20N4O3S/c1-14-6-7-17(8-15(14)2)24-12-25-21(27)10-19(20(11-23)22(25)30-13-24)16-4-3-5-18(9-16)26(28)29/h3-9,19H,10,12-13H2,1-2H3/t19-/m1/s1. The number of nitriles is 1. The van der Waals surface area contributed by atoms with Crippen molar-refractivity contribution in [2.75, 3.05) is 17.4 Å². The van der Waals surface area contributed by atoms with Gasteiger partial charge in [-0.15, -0.1) is 0 Å². The van der Waals surface area contributed by atoms with E-state index in [1.54, 1.807) is 17.0 Å². The number of thioether (sulfide) groups is 1. The summed E-state index contributed by atoms with van der Waals surface area (Å²) in [4.78, 5) is 27.5. The fourth-order valence-corrected chi connectivity index (χ4v) is 4.96. The summed E-state index contributed by atoms with van der Waals surface area (Å²) in [7, 11) is 0. The Kier molecular flexibility index (Phi) is 5.22. The Bertz CT molecular complexity index is 1120. The van der Waals surface area contributed by atoms with Gasteiger partial charge in [-0.1, -0.05) is 30.0 Å². The maximum absolute atomic E-state index is 13.0. The second-order valence-electron chi connectivity index (χ2n) is 7.48. The van der Waals surface area contributed by atoms with E-state index in [1.165, 1.54) is 35.0 Å². The van der Waals surface area contributed by atoms with Crippen molar-refractivity contribution in [2.24, 2.45) is 0 Å². The number of hydrogen-bond acceptors (Lipinski definition) is 6. The number of nitrogens with zero attached hydrogens (tertiary/aromatic N) is 4. The number of carbonyl (C=O) groups is 1. The first kappa shape index (κ1) is 20.0. The number of allylic oxidation sites excluding steroid dienone is 1. The summed E-state index contributed by atoms with van der Waals surface area (Å²) in [6, 6.07) is 14.7. The molecule has 0 N–H and O–H groups in total. The van der Waals surface area contributed by atoms with Crippen molar-refractivity contribution < 1.29 is 9.72 Å². The number of benzene rings is 2. The van der Waals surface area contributed by atoms with Crippen molar-refractivity contribution in [3.63, 3.8) is 0 Å². The first-order valence-corrected chi connectivity index (χ1v) is 10.5. The average Bonchev–Trinajstić information content (AvgIpc) is 2.75. The van der Waals surface area contributed by atoms with Crippen LogP contribution in [0.2, 0.25) is 0 Å². The lowest BCUT2D eigenvalue weighted by atomic mass is 9.86. The van der Waals surface area contributed by atoms with E-state index in [1.807, 2.05) is 6.07 Å². The van der Waals surface area contributed by atoms with Crippen LogP contribution in [-0.4, -0.2) is 28.3 Å². The van der Waals surface area contributed by atoms with Crippen LogP contribution in [0.1, 0.15) is 29.0 Å². The van der Waals surface area contributed by atoms with Gasteiger partial charge < -0.3 is 4.90 Å². The largest absolute Gasteiger partial charge is 0.344 e. The number of carbonyl (C=O) groups excluding carboxylic acids is 1. The molecule has 8 heteroatoms. The predicted molar refractivity (Wildman–Crippen MR) is 116 cm³/mol. The van der Waals surface area contributed by atoms with Crippen LogP contribution in [0.15, 0.2) is 53.1 Å². The number of hydrogen-bond donors (Lipinski definition) is 0. The molecule has 2 aromatic carbocycles. The molecule has 0 unspecified atom stereocenters. The third-order valence-corrected chi connectivity index (χ3v) is 6.79. The van der Waals surface area contributed by atoms with E-state index in [-0.39, 0.29) is 18.0 Å². The molecule has 0 aromatic heterocycles. The normalized spacial score (nSPS) is 18.8. The molecule has 0 radical (unpaired) electrons. The first-order chi connectivity index (χ1) is 14.4. The second-order valence-corrected chi connectivity index (χ2v) is 8.42. The molecule has 152 valence electrons. The summed E-state index contributed by atoms with van der Waals surface area (Å²) in [6.45, 7) is 4.51. The Labute approximate surface area is 178 Å². The molecule has 2 aromatic rings. The Balaban J connectivity index is 1.67. The summed E-state index contributed by atoms with van der Waals surface area (Å²) in [5.41, 5.74) is 4.52.